The van der Waals surface area contributed by atoms with Gasteiger partial charge in [0, 0.05) is 11.6 Å². The number of benzene rings is 1. The molecule has 0 aliphatic carbocycles. The fraction of sp³-hybridized carbons (Fsp3) is 0.556. The van der Waals surface area contributed by atoms with Gasteiger partial charge in [-0.1, -0.05) is 37.3 Å². The molecule has 0 saturated carbocycles. The van der Waals surface area contributed by atoms with E-state index in [9.17, 15) is 9.59 Å². The number of hydrogen-bond acceptors (Lipinski definition) is 2. The number of rotatable bonds is 6. The van der Waals surface area contributed by atoms with Crippen molar-refractivity contribution in [1.82, 2.24) is 10.6 Å². The number of carbonyl (C=O) groups is 2. The van der Waals surface area contributed by atoms with Gasteiger partial charge in [0.1, 0.15) is 32.7 Å². The molecule has 1 aliphatic rings. The number of nitrogens with one attached hydrogen (secondary N) is 4. The van der Waals surface area contributed by atoms with E-state index in [0.29, 0.717) is 6.54 Å². The van der Waals surface area contributed by atoms with E-state index in [4.69, 9.17) is 0 Å². The molecular formula is C18H30N4O2+2. The maximum atomic E-state index is 12.0. The number of piperazine rings is 1. The van der Waals surface area contributed by atoms with Crippen LogP contribution in [0.25, 0.3) is 0 Å². The Morgan fingerprint density at radius 3 is 2.33 bits per heavy atom. The minimum Gasteiger partial charge on any atom is -0.335 e. The molecule has 6 heteroatoms. The predicted molar refractivity (Wildman–Crippen MR) is 92.8 cm³/mol. The molecule has 1 heterocycles. The first kappa shape index (κ1) is 18.4. The first-order valence-electron chi connectivity index (χ1n) is 8.88. The van der Waals surface area contributed by atoms with Gasteiger partial charge in [0.25, 0.3) is 5.91 Å². The highest BCUT2D eigenvalue weighted by atomic mass is 16.2. The van der Waals surface area contributed by atoms with Crippen LogP contribution in [0.4, 0.5) is 4.79 Å². The van der Waals surface area contributed by atoms with Crippen LogP contribution in [0, 0.1) is 0 Å². The van der Waals surface area contributed by atoms with E-state index < -0.39 is 0 Å². The Bertz CT molecular complexity index is 527. The molecule has 132 valence electrons. The molecule has 0 aromatic heterocycles. The lowest BCUT2D eigenvalue weighted by atomic mass is 10.2. The van der Waals surface area contributed by atoms with Gasteiger partial charge >= 0.3 is 6.03 Å². The van der Waals surface area contributed by atoms with Crippen molar-refractivity contribution in [2.75, 3.05) is 32.7 Å². The van der Waals surface area contributed by atoms with Crippen LogP contribution in [-0.2, 0) is 11.3 Å². The largest absolute Gasteiger partial charge is 0.335 e. The lowest BCUT2D eigenvalue weighted by Crippen LogP contribution is -3.28. The number of imide groups is 1. The van der Waals surface area contributed by atoms with Crippen molar-refractivity contribution in [2.45, 2.75) is 32.9 Å². The standard InChI is InChI=1S/C18H28N4O2/c1-3-15(2)19-18(24)20-17(23)14-22-11-9-21(10-12-22)13-16-7-5-4-6-8-16/h4-8,15H,3,9-14H2,1-2H3,(H2,19,20,23,24)/p+2/t15-/m1/s1. The molecule has 0 unspecified atom stereocenters. The molecule has 1 aromatic carbocycles. The molecule has 3 amide bonds. The monoisotopic (exact) mass is 334 g/mol. The predicted octanol–water partition coefficient (Wildman–Crippen LogP) is -1.41. The molecule has 6 nitrogen and oxygen atoms in total. The van der Waals surface area contributed by atoms with E-state index in [0.717, 1.165) is 39.1 Å². The van der Waals surface area contributed by atoms with Gasteiger partial charge in [0.05, 0.1) is 0 Å². The lowest BCUT2D eigenvalue weighted by Gasteiger charge is -2.29. The molecule has 0 bridgehead atoms. The summed E-state index contributed by atoms with van der Waals surface area (Å²) in [6.07, 6.45) is 0.846. The second-order valence-electron chi connectivity index (χ2n) is 6.67. The van der Waals surface area contributed by atoms with Gasteiger partial charge in [0.15, 0.2) is 6.54 Å². The number of amides is 3. The van der Waals surface area contributed by atoms with Crippen LogP contribution in [0.1, 0.15) is 25.8 Å². The SMILES string of the molecule is CC[C@@H](C)NC(=O)NC(=O)C[NH+]1CC[NH+](Cc2ccccc2)CC1. The van der Waals surface area contributed by atoms with Crippen LogP contribution in [0.3, 0.4) is 0 Å². The molecular weight excluding hydrogens is 304 g/mol. The maximum absolute atomic E-state index is 12.0. The minimum absolute atomic E-state index is 0.0790. The Hall–Kier alpha value is -1.92. The van der Waals surface area contributed by atoms with E-state index in [1.165, 1.54) is 10.5 Å². The van der Waals surface area contributed by atoms with E-state index in [1.807, 2.05) is 19.9 Å². The van der Waals surface area contributed by atoms with Crippen LogP contribution < -0.4 is 20.4 Å². The summed E-state index contributed by atoms with van der Waals surface area (Å²) in [5, 5.41) is 5.17. The Morgan fingerprint density at radius 2 is 1.71 bits per heavy atom. The van der Waals surface area contributed by atoms with Crippen molar-refractivity contribution >= 4 is 11.9 Å². The van der Waals surface area contributed by atoms with Crippen LogP contribution in [0.2, 0.25) is 0 Å². The van der Waals surface area contributed by atoms with E-state index in [1.54, 1.807) is 4.90 Å². The van der Waals surface area contributed by atoms with Crippen LogP contribution >= 0.6 is 0 Å². The molecule has 24 heavy (non-hydrogen) atoms. The summed E-state index contributed by atoms with van der Waals surface area (Å²) < 4.78 is 0. The highest BCUT2D eigenvalue weighted by Crippen LogP contribution is 1.95. The van der Waals surface area contributed by atoms with Gasteiger partial charge in [-0.25, -0.2) is 4.79 Å². The first-order chi connectivity index (χ1) is 11.6. The summed E-state index contributed by atoms with van der Waals surface area (Å²) >= 11 is 0. The molecule has 0 spiro atoms. The number of hydrogen-bond donors (Lipinski definition) is 4. The molecule has 4 N–H and O–H groups in total. The highest BCUT2D eigenvalue weighted by molar-refractivity contribution is 5.94. The number of carbonyl (C=O) groups excluding carboxylic acids is 2. The van der Waals surface area contributed by atoms with Crippen molar-refractivity contribution in [3.8, 4) is 0 Å². The zero-order valence-corrected chi connectivity index (χ0v) is 14.7. The van der Waals surface area contributed by atoms with E-state index in [-0.39, 0.29) is 18.0 Å². The summed E-state index contributed by atoms with van der Waals surface area (Å²) in [4.78, 5) is 26.4. The third-order valence-corrected chi connectivity index (χ3v) is 4.61. The van der Waals surface area contributed by atoms with Crippen molar-refractivity contribution in [2.24, 2.45) is 0 Å². The second-order valence-corrected chi connectivity index (χ2v) is 6.67. The minimum atomic E-state index is -0.387. The number of quaternary nitrogens is 2. The zero-order chi connectivity index (χ0) is 17.4. The van der Waals surface area contributed by atoms with Crippen molar-refractivity contribution in [3.63, 3.8) is 0 Å². The lowest BCUT2D eigenvalue weighted by molar-refractivity contribution is -1.02. The van der Waals surface area contributed by atoms with E-state index >= 15 is 0 Å². The Morgan fingerprint density at radius 1 is 1.08 bits per heavy atom. The maximum Gasteiger partial charge on any atom is 0.321 e. The van der Waals surface area contributed by atoms with Gasteiger partial charge in [-0.3, -0.25) is 10.1 Å². The third-order valence-electron chi connectivity index (χ3n) is 4.61. The Labute approximate surface area is 144 Å². The zero-order valence-electron chi connectivity index (χ0n) is 14.7. The fourth-order valence-electron chi connectivity index (χ4n) is 2.96. The summed E-state index contributed by atoms with van der Waals surface area (Å²) in [5.74, 6) is -0.197. The highest BCUT2D eigenvalue weighted by Gasteiger charge is 2.25. The first-order valence-corrected chi connectivity index (χ1v) is 8.88. The molecule has 1 saturated heterocycles. The normalized spacial score (nSPS) is 21.8. The Balaban J connectivity index is 1.67. The quantitative estimate of drug-likeness (QED) is 0.517. The molecule has 0 radical (unpaired) electrons. The van der Waals surface area contributed by atoms with E-state index in [2.05, 4.69) is 34.9 Å². The molecule has 2 rings (SSSR count). The van der Waals surface area contributed by atoms with Gasteiger partial charge < -0.3 is 15.1 Å². The molecule has 1 aromatic rings. The fourth-order valence-corrected chi connectivity index (χ4v) is 2.96. The van der Waals surface area contributed by atoms with Crippen molar-refractivity contribution in [3.05, 3.63) is 35.9 Å². The van der Waals surface area contributed by atoms with Crippen LogP contribution in [-0.4, -0.2) is 50.7 Å². The van der Waals surface area contributed by atoms with Crippen molar-refractivity contribution < 1.29 is 19.4 Å². The van der Waals surface area contributed by atoms with Crippen LogP contribution in [0.15, 0.2) is 30.3 Å². The molecule has 1 aliphatic heterocycles. The number of urea groups is 1. The van der Waals surface area contributed by atoms with Gasteiger partial charge in [0.2, 0.25) is 0 Å². The van der Waals surface area contributed by atoms with Gasteiger partial charge in [-0.15, -0.1) is 0 Å². The summed E-state index contributed by atoms with van der Waals surface area (Å²) in [6.45, 7) is 9.35. The molecule has 1 fully saturated rings. The summed E-state index contributed by atoms with van der Waals surface area (Å²) in [6, 6.07) is 10.2. The van der Waals surface area contributed by atoms with Crippen molar-refractivity contribution in [1.29, 1.82) is 0 Å². The average Bonchev–Trinajstić information content (AvgIpc) is 2.57. The van der Waals surface area contributed by atoms with Crippen LogP contribution in [0.5, 0.6) is 0 Å². The third kappa shape index (κ3) is 6.29. The van der Waals surface area contributed by atoms with Gasteiger partial charge in [-0.05, 0) is 13.3 Å². The Kier molecular flexibility index (Phi) is 7.21. The second kappa shape index (κ2) is 9.39. The summed E-state index contributed by atoms with van der Waals surface area (Å²) in [7, 11) is 0. The smallest absolute Gasteiger partial charge is 0.321 e. The topological polar surface area (TPSA) is 67.1 Å². The van der Waals surface area contributed by atoms with Gasteiger partial charge in [-0.2, -0.15) is 0 Å². The summed E-state index contributed by atoms with van der Waals surface area (Å²) in [5.41, 5.74) is 1.36. The average molecular weight is 334 g/mol. The molecule has 1 atom stereocenters.